The molecular formula is C26H27ClN2O5S. The van der Waals surface area contributed by atoms with E-state index < -0.39 is 22.0 Å². The molecule has 0 saturated heterocycles. The number of hydrogen-bond donors (Lipinski definition) is 1. The Morgan fingerprint density at radius 1 is 1.06 bits per heavy atom. The Hall–Kier alpha value is -3.23. The lowest BCUT2D eigenvalue weighted by atomic mass is 10.1. The van der Waals surface area contributed by atoms with Gasteiger partial charge in [0, 0.05) is 5.02 Å². The molecular weight excluding hydrogens is 488 g/mol. The molecule has 3 aromatic carbocycles. The van der Waals surface area contributed by atoms with Crippen molar-refractivity contribution in [3.05, 3.63) is 82.4 Å². The molecule has 1 N–H and O–H groups in total. The fraction of sp³-hybridized carbons (Fsp3) is 0.269. The number of rotatable bonds is 7. The van der Waals surface area contributed by atoms with Crippen LogP contribution in [-0.4, -0.2) is 40.1 Å². The van der Waals surface area contributed by atoms with Crippen LogP contribution in [0.1, 0.15) is 16.7 Å². The van der Waals surface area contributed by atoms with Gasteiger partial charge >= 0.3 is 0 Å². The Labute approximate surface area is 210 Å². The van der Waals surface area contributed by atoms with Crippen molar-refractivity contribution >= 4 is 33.2 Å². The number of nitrogens with zero attached hydrogens (tertiary/aromatic N) is 1. The van der Waals surface area contributed by atoms with Crippen LogP contribution in [0.25, 0.3) is 0 Å². The summed E-state index contributed by atoms with van der Waals surface area (Å²) in [6, 6.07) is 17.3. The number of benzene rings is 3. The number of carbonyl (C=O) groups excluding carboxylic acids is 1. The van der Waals surface area contributed by atoms with Crippen molar-refractivity contribution in [3.8, 4) is 11.5 Å². The Morgan fingerprint density at radius 3 is 2.49 bits per heavy atom. The molecule has 1 atom stereocenters. The minimum atomic E-state index is -3.91. The van der Waals surface area contributed by atoms with E-state index in [0.717, 1.165) is 16.7 Å². The fourth-order valence-electron chi connectivity index (χ4n) is 3.68. The maximum Gasteiger partial charge on any atom is 0.264 e. The molecule has 0 bridgehead atoms. The van der Waals surface area contributed by atoms with Gasteiger partial charge in [-0.15, -0.1) is 0 Å². The van der Waals surface area contributed by atoms with E-state index in [1.807, 2.05) is 32.9 Å². The average molecular weight is 515 g/mol. The molecule has 0 spiro atoms. The van der Waals surface area contributed by atoms with Gasteiger partial charge in [-0.25, -0.2) is 8.42 Å². The molecule has 4 rings (SSSR count). The van der Waals surface area contributed by atoms with Crippen LogP contribution in [0.15, 0.2) is 65.6 Å². The number of anilines is 1. The van der Waals surface area contributed by atoms with Crippen molar-refractivity contribution in [3.63, 3.8) is 0 Å². The van der Waals surface area contributed by atoms with Crippen molar-refractivity contribution in [2.24, 2.45) is 0 Å². The van der Waals surface area contributed by atoms with Gasteiger partial charge in [-0.1, -0.05) is 41.4 Å². The number of hydrogen-bond acceptors (Lipinski definition) is 5. The van der Waals surface area contributed by atoms with Gasteiger partial charge in [-0.05, 0) is 68.3 Å². The number of nitrogens with one attached hydrogen (secondary N) is 1. The highest BCUT2D eigenvalue weighted by Gasteiger charge is 2.37. The van der Waals surface area contributed by atoms with Gasteiger partial charge in [0.2, 0.25) is 0 Å². The van der Waals surface area contributed by atoms with Crippen molar-refractivity contribution in [2.75, 3.05) is 24.0 Å². The van der Waals surface area contributed by atoms with Gasteiger partial charge < -0.3 is 14.8 Å². The molecule has 7 nitrogen and oxygen atoms in total. The number of amides is 1. The lowest BCUT2D eigenvalue weighted by molar-refractivity contribution is -0.127. The molecule has 35 heavy (non-hydrogen) atoms. The van der Waals surface area contributed by atoms with Crippen molar-refractivity contribution in [2.45, 2.75) is 31.8 Å². The highest BCUT2D eigenvalue weighted by molar-refractivity contribution is 7.92. The minimum Gasteiger partial charge on any atom is -0.492 e. The van der Waals surface area contributed by atoms with Crippen LogP contribution in [0.4, 0.5) is 5.69 Å². The molecule has 9 heteroatoms. The molecule has 0 radical (unpaired) electrons. The Morgan fingerprint density at radius 2 is 1.77 bits per heavy atom. The summed E-state index contributed by atoms with van der Waals surface area (Å²) >= 11 is 6.11. The number of fused-ring (bicyclic) bond motifs is 1. The van der Waals surface area contributed by atoms with Crippen LogP contribution in [0.2, 0.25) is 5.02 Å². The largest absolute Gasteiger partial charge is 0.492 e. The number of halogens is 1. The first kappa shape index (κ1) is 24.9. The van der Waals surface area contributed by atoms with E-state index in [4.69, 9.17) is 21.1 Å². The van der Waals surface area contributed by atoms with Crippen LogP contribution in [0.5, 0.6) is 11.5 Å². The molecule has 1 aliphatic rings. The second kappa shape index (κ2) is 10.2. The van der Waals surface area contributed by atoms with E-state index in [1.165, 1.54) is 4.31 Å². The summed E-state index contributed by atoms with van der Waals surface area (Å²) in [4.78, 5) is 13.1. The molecule has 0 fully saturated rings. The Bertz CT molecular complexity index is 1340. The van der Waals surface area contributed by atoms with Gasteiger partial charge in [0.25, 0.3) is 15.9 Å². The summed E-state index contributed by atoms with van der Waals surface area (Å²) in [5.41, 5.74) is 3.19. The topological polar surface area (TPSA) is 84.9 Å². The monoisotopic (exact) mass is 514 g/mol. The van der Waals surface area contributed by atoms with Crippen molar-refractivity contribution < 1.29 is 22.7 Å². The first-order valence-electron chi connectivity index (χ1n) is 11.2. The van der Waals surface area contributed by atoms with Crippen LogP contribution < -0.4 is 19.1 Å². The van der Waals surface area contributed by atoms with E-state index in [1.54, 1.807) is 48.5 Å². The van der Waals surface area contributed by atoms with Gasteiger partial charge in [0.05, 0.1) is 23.7 Å². The highest BCUT2D eigenvalue weighted by atomic mass is 35.5. The van der Waals surface area contributed by atoms with E-state index in [2.05, 4.69) is 5.32 Å². The van der Waals surface area contributed by atoms with E-state index >= 15 is 0 Å². The van der Waals surface area contributed by atoms with Crippen LogP contribution in [0.3, 0.4) is 0 Å². The molecule has 0 saturated carbocycles. The zero-order valence-corrected chi connectivity index (χ0v) is 21.3. The molecule has 0 aromatic heterocycles. The SMILES string of the molecule is Cc1ccc(S(=O)(=O)N2CC(C(=O)NCCOc3ccc(C)c(Cl)c3)Oc3ccc(C)cc32)cc1. The molecule has 1 aliphatic heterocycles. The standard InChI is InChI=1S/C26H27ClN2O5S/c1-17-4-9-21(10-5-17)35(31,32)29-16-25(34-24-11-6-18(2)14-23(24)29)26(30)28-12-13-33-20-8-7-19(3)22(27)15-20/h4-11,14-15,25H,12-13,16H2,1-3H3,(H,28,30). The second-order valence-corrected chi connectivity index (χ2v) is 10.7. The minimum absolute atomic E-state index is 0.146. The Balaban J connectivity index is 1.48. The summed E-state index contributed by atoms with van der Waals surface area (Å²) in [5.74, 6) is 0.512. The maximum absolute atomic E-state index is 13.5. The number of sulfonamides is 1. The van der Waals surface area contributed by atoms with Crippen molar-refractivity contribution in [1.29, 1.82) is 0 Å². The summed E-state index contributed by atoms with van der Waals surface area (Å²) in [6.45, 7) is 5.96. The zero-order chi connectivity index (χ0) is 25.2. The smallest absolute Gasteiger partial charge is 0.264 e. The van der Waals surface area contributed by atoms with Gasteiger partial charge in [0.15, 0.2) is 6.10 Å². The number of carbonyl (C=O) groups is 1. The summed E-state index contributed by atoms with van der Waals surface area (Å²) in [6.07, 6.45) is -1.01. The third-order valence-corrected chi connectivity index (χ3v) is 7.90. The molecule has 3 aromatic rings. The highest BCUT2D eigenvalue weighted by Crippen LogP contribution is 2.37. The van der Waals surface area contributed by atoms with Gasteiger partial charge in [0.1, 0.15) is 18.1 Å². The lowest BCUT2D eigenvalue weighted by Gasteiger charge is -2.35. The number of ether oxygens (including phenoxy) is 2. The number of aryl methyl sites for hydroxylation is 3. The molecule has 1 amide bonds. The quantitative estimate of drug-likeness (QED) is 0.472. The van der Waals surface area contributed by atoms with Gasteiger partial charge in [-0.2, -0.15) is 0 Å². The molecule has 184 valence electrons. The van der Waals surface area contributed by atoms with Gasteiger partial charge in [-0.3, -0.25) is 9.10 Å². The summed E-state index contributed by atoms with van der Waals surface area (Å²) in [5, 5.41) is 3.37. The predicted molar refractivity (Wildman–Crippen MR) is 136 cm³/mol. The second-order valence-electron chi connectivity index (χ2n) is 8.48. The van der Waals surface area contributed by atoms with Crippen molar-refractivity contribution in [1.82, 2.24) is 5.32 Å². The average Bonchev–Trinajstić information content (AvgIpc) is 2.83. The third kappa shape index (κ3) is 5.55. The fourth-order valence-corrected chi connectivity index (χ4v) is 5.32. The van der Waals surface area contributed by atoms with E-state index in [-0.39, 0.29) is 24.6 Å². The Kier molecular flexibility index (Phi) is 7.23. The predicted octanol–water partition coefficient (Wildman–Crippen LogP) is 4.42. The molecule has 0 aliphatic carbocycles. The van der Waals surface area contributed by atoms with Crippen LogP contribution in [-0.2, 0) is 14.8 Å². The zero-order valence-electron chi connectivity index (χ0n) is 19.7. The van der Waals surface area contributed by atoms with E-state index in [0.29, 0.717) is 22.2 Å². The maximum atomic E-state index is 13.5. The first-order chi connectivity index (χ1) is 16.6. The van der Waals surface area contributed by atoms with E-state index in [9.17, 15) is 13.2 Å². The third-order valence-electron chi connectivity index (χ3n) is 5.70. The first-order valence-corrected chi connectivity index (χ1v) is 13.0. The summed E-state index contributed by atoms with van der Waals surface area (Å²) < 4.78 is 39.8. The normalized spacial score (nSPS) is 15.2. The summed E-state index contributed by atoms with van der Waals surface area (Å²) in [7, 11) is -3.91. The van der Waals surface area contributed by atoms with Crippen LogP contribution in [0, 0.1) is 20.8 Å². The lowest BCUT2D eigenvalue weighted by Crippen LogP contribution is -2.51. The molecule has 1 unspecified atom stereocenters. The van der Waals surface area contributed by atoms with Crippen LogP contribution >= 0.6 is 11.6 Å². The molecule has 1 heterocycles.